The molecule has 2 bridgehead atoms. The molecule has 1 saturated heterocycles. The van der Waals surface area contributed by atoms with Crippen LogP contribution in [0.25, 0.3) is 5.65 Å². The Morgan fingerprint density at radius 2 is 2.00 bits per heavy atom. The van der Waals surface area contributed by atoms with Gasteiger partial charge in [-0.3, -0.25) is 0 Å². The summed E-state index contributed by atoms with van der Waals surface area (Å²) >= 11 is 3.54. The Hall–Kier alpha value is -1.63. The maximum atomic E-state index is 12.4. The third-order valence-corrected chi connectivity index (χ3v) is 6.08. The summed E-state index contributed by atoms with van der Waals surface area (Å²) in [4.78, 5) is 19.0. The first-order valence-corrected chi connectivity index (χ1v) is 10.1. The fourth-order valence-electron chi connectivity index (χ4n) is 4.36. The number of hydrogen-bond donors (Lipinski definition) is 0. The SMILES string of the molecule is CC(C)(C)OC(=O)N1C[C@H]2CC[C@@H](C1)C2Cc1nc2c(Br)cccn2n1. The van der Waals surface area contributed by atoms with Crippen molar-refractivity contribution in [3.8, 4) is 0 Å². The normalized spacial score (nSPS) is 25.7. The molecule has 6 nitrogen and oxygen atoms in total. The predicted molar refractivity (Wildman–Crippen MR) is 102 cm³/mol. The second-order valence-electron chi connectivity index (χ2n) is 8.50. The van der Waals surface area contributed by atoms with E-state index in [1.54, 1.807) is 0 Å². The van der Waals surface area contributed by atoms with Gasteiger partial charge in [0.1, 0.15) is 5.60 Å². The van der Waals surface area contributed by atoms with E-state index >= 15 is 0 Å². The summed E-state index contributed by atoms with van der Waals surface area (Å²) in [6.07, 6.45) is 4.97. The topological polar surface area (TPSA) is 59.7 Å². The summed E-state index contributed by atoms with van der Waals surface area (Å²) in [5.74, 6) is 2.46. The highest BCUT2D eigenvalue weighted by atomic mass is 79.9. The molecule has 1 unspecified atom stereocenters. The van der Waals surface area contributed by atoms with E-state index in [4.69, 9.17) is 9.72 Å². The van der Waals surface area contributed by atoms with Gasteiger partial charge < -0.3 is 9.64 Å². The lowest BCUT2D eigenvalue weighted by molar-refractivity contribution is 0.00787. The molecule has 140 valence electrons. The molecular weight excluding hydrogens is 396 g/mol. The molecule has 4 rings (SSSR count). The van der Waals surface area contributed by atoms with E-state index in [0.717, 1.165) is 35.5 Å². The van der Waals surface area contributed by atoms with Gasteiger partial charge >= 0.3 is 6.09 Å². The van der Waals surface area contributed by atoms with Crippen molar-refractivity contribution in [1.29, 1.82) is 0 Å². The first-order valence-electron chi connectivity index (χ1n) is 9.28. The molecule has 1 amide bonds. The number of aromatic nitrogens is 3. The average molecular weight is 421 g/mol. The Bertz CT molecular complexity index is 815. The highest BCUT2D eigenvalue weighted by molar-refractivity contribution is 9.10. The molecule has 1 saturated carbocycles. The fraction of sp³-hybridized carbons (Fsp3) is 0.632. The number of piperidine rings is 1. The summed E-state index contributed by atoms with van der Waals surface area (Å²) in [5, 5.41) is 4.64. The number of hydrogen-bond acceptors (Lipinski definition) is 4. The molecule has 0 spiro atoms. The largest absolute Gasteiger partial charge is 0.444 e. The fourth-order valence-corrected chi connectivity index (χ4v) is 4.78. The molecule has 1 aliphatic heterocycles. The Kier molecular flexibility index (Phi) is 4.45. The van der Waals surface area contributed by atoms with E-state index in [9.17, 15) is 4.79 Å². The predicted octanol–water partition coefficient (Wildman–Crippen LogP) is 3.93. The van der Waals surface area contributed by atoms with Gasteiger partial charge in [0.2, 0.25) is 0 Å². The molecule has 2 fully saturated rings. The molecule has 0 aromatic carbocycles. The Morgan fingerprint density at radius 1 is 1.31 bits per heavy atom. The van der Waals surface area contributed by atoms with Crippen molar-refractivity contribution in [2.24, 2.45) is 17.8 Å². The number of nitrogens with zero attached hydrogens (tertiary/aromatic N) is 4. The van der Waals surface area contributed by atoms with Gasteiger partial charge in [-0.2, -0.15) is 5.10 Å². The molecule has 2 aromatic rings. The first-order chi connectivity index (χ1) is 12.3. The van der Waals surface area contributed by atoms with Crippen molar-refractivity contribution in [2.45, 2.75) is 45.6 Å². The van der Waals surface area contributed by atoms with Crippen molar-refractivity contribution >= 4 is 27.7 Å². The molecule has 1 aliphatic carbocycles. The Balaban J connectivity index is 1.46. The van der Waals surface area contributed by atoms with Gasteiger partial charge in [0.05, 0.1) is 4.47 Å². The molecule has 0 radical (unpaired) electrons. The number of amides is 1. The molecule has 3 atom stereocenters. The number of pyridine rings is 1. The summed E-state index contributed by atoms with van der Waals surface area (Å²) in [7, 11) is 0. The van der Waals surface area contributed by atoms with Crippen LogP contribution in [0, 0.1) is 17.8 Å². The number of halogens is 1. The van der Waals surface area contributed by atoms with Crippen LogP contribution in [0.15, 0.2) is 22.8 Å². The highest BCUT2D eigenvalue weighted by Gasteiger charge is 2.44. The van der Waals surface area contributed by atoms with Crippen LogP contribution in [0.1, 0.15) is 39.4 Å². The summed E-state index contributed by atoms with van der Waals surface area (Å²) in [6.45, 7) is 7.32. The summed E-state index contributed by atoms with van der Waals surface area (Å²) in [5.41, 5.74) is 0.418. The number of likely N-dealkylation sites (tertiary alicyclic amines) is 1. The number of fused-ring (bicyclic) bond motifs is 3. The lowest BCUT2D eigenvalue weighted by atomic mass is 9.82. The van der Waals surface area contributed by atoms with Gasteiger partial charge in [-0.25, -0.2) is 14.3 Å². The summed E-state index contributed by atoms with van der Waals surface area (Å²) < 4.78 is 8.35. The molecule has 0 N–H and O–H groups in total. The molecule has 26 heavy (non-hydrogen) atoms. The van der Waals surface area contributed by atoms with Gasteiger partial charge in [-0.1, -0.05) is 0 Å². The van der Waals surface area contributed by atoms with E-state index in [1.807, 2.05) is 48.5 Å². The monoisotopic (exact) mass is 420 g/mol. The van der Waals surface area contributed by atoms with Crippen LogP contribution in [-0.4, -0.2) is 44.3 Å². The van der Waals surface area contributed by atoms with Crippen LogP contribution in [0.2, 0.25) is 0 Å². The van der Waals surface area contributed by atoms with E-state index in [-0.39, 0.29) is 6.09 Å². The van der Waals surface area contributed by atoms with E-state index in [1.165, 1.54) is 12.8 Å². The molecular formula is C19H25BrN4O2. The minimum absolute atomic E-state index is 0.178. The zero-order valence-corrected chi connectivity index (χ0v) is 17.1. The molecule has 7 heteroatoms. The van der Waals surface area contributed by atoms with Gasteiger partial charge in [0, 0.05) is 25.7 Å². The smallest absolute Gasteiger partial charge is 0.410 e. The number of carbonyl (C=O) groups excluding carboxylic acids is 1. The standard InChI is InChI=1S/C19H25BrN4O2/c1-19(2,3)26-18(25)23-10-12-6-7-13(11-23)14(12)9-16-21-17-15(20)5-4-8-24(17)22-16/h4-5,8,12-14H,6-7,9-11H2,1-3H3/t12-,13+,14?. The Morgan fingerprint density at radius 3 is 2.62 bits per heavy atom. The van der Waals surface area contributed by atoms with Gasteiger partial charge in [0.15, 0.2) is 11.5 Å². The lowest BCUT2D eigenvalue weighted by Gasteiger charge is -2.38. The van der Waals surface area contributed by atoms with Crippen LogP contribution < -0.4 is 0 Å². The van der Waals surface area contributed by atoms with Crippen LogP contribution in [0.4, 0.5) is 4.79 Å². The maximum Gasteiger partial charge on any atom is 0.410 e. The van der Waals surface area contributed by atoms with Crippen molar-refractivity contribution in [3.63, 3.8) is 0 Å². The van der Waals surface area contributed by atoms with Crippen molar-refractivity contribution < 1.29 is 9.53 Å². The van der Waals surface area contributed by atoms with Gasteiger partial charge in [0.25, 0.3) is 0 Å². The number of ether oxygens (including phenoxy) is 1. The third-order valence-electron chi connectivity index (χ3n) is 5.46. The first kappa shape index (κ1) is 17.8. The van der Waals surface area contributed by atoms with E-state index < -0.39 is 5.60 Å². The molecule has 2 aliphatic rings. The number of rotatable bonds is 2. The minimum atomic E-state index is -0.444. The van der Waals surface area contributed by atoms with Crippen LogP contribution in [0.3, 0.4) is 0 Å². The van der Waals surface area contributed by atoms with Crippen molar-refractivity contribution in [2.75, 3.05) is 13.1 Å². The van der Waals surface area contributed by atoms with Crippen LogP contribution in [0.5, 0.6) is 0 Å². The second kappa shape index (κ2) is 6.51. The van der Waals surface area contributed by atoms with Crippen molar-refractivity contribution in [1.82, 2.24) is 19.5 Å². The zero-order chi connectivity index (χ0) is 18.5. The summed E-state index contributed by atoms with van der Waals surface area (Å²) in [6, 6.07) is 3.94. The van der Waals surface area contributed by atoms with E-state index in [2.05, 4.69) is 21.0 Å². The quantitative estimate of drug-likeness (QED) is 0.738. The third kappa shape index (κ3) is 3.46. The molecule has 2 aromatic heterocycles. The molecule has 3 heterocycles. The van der Waals surface area contributed by atoms with Crippen LogP contribution in [-0.2, 0) is 11.2 Å². The van der Waals surface area contributed by atoms with E-state index in [0.29, 0.717) is 17.8 Å². The average Bonchev–Trinajstić information content (AvgIpc) is 3.04. The van der Waals surface area contributed by atoms with Crippen molar-refractivity contribution in [3.05, 3.63) is 28.6 Å². The second-order valence-corrected chi connectivity index (χ2v) is 9.36. The zero-order valence-electron chi connectivity index (χ0n) is 15.5. The minimum Gasteiger partial charge on any atom is -0.444 e. The van der Waals surface area contributed by atoms with Gasteiger partial charge in [-0.05, 0) is 79.4 Å². The highest BCUT2D eigenvalue weighted by Crippen LogP contribution is 2.43. The van der Waals surface area contributed by atoms with Gasteiger partial charge in [-0.15, -0.1) is 0 Å². The lowest BCUT2D eigenvalue weighted by Crippen LogP contribution is -2.47. The number of carbonyl (C=O) groups is 1. The Labute approximate surface area is 162 Å². The maximum absolute atomic E-state index is 12.4. The van der Waals surface area contributed by atoms with Crippen LogP contribution >= 0.6 is 15.9 Å².